The molecule has 0 aliphatic heterocycles. The molecule has 0 fully saturated rings. The van der Waals surface area contributed by atoms with Crippen LogP contribution in [0.3, 0.4) is 0 Å². The fraction of sp³-hybridized carbons (Fsp3) is 0.333. The molecule has 0 amide bonds. The molecule has 0 atom stereocenters. The summed E-state index contributed by atoms with van der Waals surface area (Å²) in [6, 6.07) is 3.71. The van der Waals surface area contributed by atoms with E-state index in [9.17, 15) is 13.2 Å². The van der Waals surface area contributed by atoms with Gasteiger partial charge in [-0.3, -0.25) is 4.57 Å². The number of halogens is 3. The summed E-state index contributed by atoms with van der Waals surface area (Å²) in [5.41, 5.74) is 0. The summed E-state index contributed by atoms with van der Waals surface area (Å²) in [5, 5.41) is 12.7. The van der Waals surface area contributed by atoms with Gasteiger partial charge in [-0.15, -0.1) is 21.5 Å². The van der Waals surface area contributed by atoms with E-state index in [1.165, 1.54) is 11.3 Å². The lowest BCUT2D eigenvalue weighted by atomic mass is 10.5. The third-order valence-electron chi connectivity index (χ3n) is 2.82. The van der Waals surface area contributed by atoms with Crippen LogP contribution < -0.4 is 0 Å². The van der Waals surface area contributed by atoms with Crippen LogP contribution in [0, 0.1) is 0 Å². The Kier molecular flexibility index (Phi) is 4.39. The minimum absolute atomic E-state index is 0.122. The molecule has 0 aliphatic rings. The molecule has 0 spiro atoms. The van der Waals surface area contributed by atoms with Crippen LogP contribution in [-0.2, 0) is 18.5 Å². The van der Waals surface area contributed by atoms with E-state index in [0.717, 1.165) is 21.2 Å². The first-order valence-electron chi connectivity index (χ1n) is 6.48. The van der Waals surface area contributed by atoms with Gasteiger partial charge in [-0.2, -0.15) is 18.2 Å². The summed E-state index contributed by atoms with van der Waals surface area (Å²) in [5.74, 6) is 0.0150. The van der Waals surface area contributed by atoms with E-state index in [1.807, 2.05) is 17.5 Å². The normalized spacial score (nSPS) is 12.0. The van der Waals surface area contributed by atoms with Crippen LogP contribution in [0.4, 0.5) is 13.2 Å². The van der Waals surface area contributed by atoms with Crippen molar-refractivity contribution >= 4 is 23.1 Å². The number of thiophene rings is 1. The summed E-state index contributed by atoms with van der Waals surface area (Å²) in [6.07, 6.45) is -4.53. The molecule has 11 heteroatoms. The molecule has 0 N–H and O–H groups in total. The molecule has 3 heterocycles. The van der Waals surface area contributed by atoms with Gasteiger partial charge in [0.1, 0.15) is 0 Å². The highest BCUT2D eigenvalue weighted by molar-refractivity contribution is 7.98. The molecule has 3 aromatic heterocycles. The Morgan fingerprint density at radius 3 is 2.83 bits per heavy atom. The van der Waals surface area contributed by atoms with Crippen molar-refractivity contribution < 1.29 is 17.7 Å². The Morgan fingerprint density at radius 2 is 2.17 bits per heavy atom. The highest BCUT2D eigenvalue weighted by Gasteiger charge is 2.38. The molecule has 6 nitrogen and oxygen atoms in total. The van der Waals surface area contributed by atoms with E-state index in [1.54, 1.807) is 6.92 Å². The number of hydrogen-bond acceptors (Lipinski definition) is 7. The van der Waals surface area contributed by atoms with Gasteiger partial charge in [0, 0.05) is 6.54 Å². The highest BCUT2D eigenvalue weighted by atomic mass is 32.2. The maximum atomic E-state index is 12.8. The molecule has 0 bridgehead atoms. The molecule has 23 heavy (non-hydrogen) atoms. The predicted octanol–water partition coefficient (Wildman–Crippen LogP) is 3.72. The average Bonchev–Trinajstić information content (AvgIpc) is 3.22. The topological polar surface area (TPSA) is 69.6 Å². The number of alkyl halides is 3. The Bertz CT molecular complexity index is 781. The van der Waals surface area contributed by atoms with Gasteiger partial charge in [-0.1, -0.05) is 23.0 Å². The van der Waals surface area contributed by atoms with E-state index < -0.39 is 12.0 Å². The molecule has 3 aromatic rings. The molecular formula is C12H10F3N5OS2. The molecule has 122 valence electrons. The second-order valence-corrected chi connectivity index (χ2v) is 6.22. The van der Waals surface area contributed by atoms with Crippen LogP contribution >= 0.6 is 23.1 Å². The van der Waals surface area contributed by atoms with Crippen molar-refractivity contribution in [2.24, 2.45) is 0 Å². The van der Waals surface area contributed by atoms with Crippen LogP contribution in [0.5, 0.6) is 0 Å². The number of nitrogens with zero attached hydrogens (tertiary/aromatic N) is 5. The first-order chi connectivity index (χ1) is 11.0. The molecule has 3 rings (SSSR count). The minimum Gasteiger partial charge on any atom is -0.333 e. The Balaban J connectivity index is 1.73. The average molecular weight is 361 g/mol. The summed E-state index contributed by atoms with van der Waals surface area (Å²) in [7, 11) is 0. The first kappa shape index (κ1) is 16.0. The van der Waals surface area contributed by atoms with Gasteiger partial charge in [-0.25, -0.2) is 0 Å². The highest BCUT2D eigenvalue weighted by Crippen LogP contribution is 2.31. The smallest absolute Gasteiger partial charge is 0.333 e. The van der Waals surface area contributed by atoms with Gasteiger partial charge in [0.15, 0.2) is 11.0 Å². The van der Waals surface area contributed by atoms with Crippen LogP contribution in [-0.4, -0.2) is 24.9 Å². The maximum Gasteiger partial charge on any atom is 0.451 e. The quantitative estimate of drug-likeness (QED) is 0.645. The van der Waals surface area contributed by atoms with Crippen LogP contribution in [0.15, 0.2) is 27.2 Å². The monoisotopic (exact) mass is 361 g/mol. The van der Waals surface area contributed by atoms with E-state index in [2.05, 4.69) is 20.3 Å². The third kappa shape index (κ3) is 3.39. The van der Waals surface area contributed by atoms with Gasteiger partial charge >= 0.3 is 6.18 Å². The molecule has 0 saturated carbocycles. The zero-order valence-corrected chi connectivity index (χ0v) is 13.4. The SMILES string of the molecule is CCn1c(SCc2noc(-c3cccs3)n2)nnc1C(F)(F)F. The van der Waals surface area contributed by atoms with Crippen molar-refractivity contribution in [3.8, 4) is 10.8 Å². The van der Waals surface area contributed by atoms with Crippen molar-refractivity contribution in [1.29, 1.82) is 0 Å². The molecular weight excluding hydrogens is 351 g/mol. The lowest BCUT2D eigenvalue weighted by molar-refractivity contribution is -0.147. The fourth-order valence-corrected chi connectivity index (χ4v) is 3.32. The summed E-state index contributed by atoms with van der Waals surface area (Å²) < 4.78 is 44.5. The number of rotatable bonds is 5. The van der Waals surface area contributed by atoms with Crippen molar-refractivity contribution in [3.63, 3.8) is 0 Å². The van der Waals surface area contributed by atoms with Crippen molar-refractivity contribution in [2.75, 3.05) is 0 Å². The third-order valence-corrected chi connectivity index (χ3v) is 4.64. The van der Waals surface area contributed by atoms with Crippen LogP contribution in [0.1, 0.15) is 18.6 Å². The minimum atomic E-state index is -4.53. The first-order valence-corrected chi connectivity index (χ1v) is 8.35. The van der Waals surface area contributed by atoms with Crippen LogP contribution in [0.25, 0.3) is 10.8 Å². The second kappa shape index (κ2) is 6.32. The van der Waals surface area contributed by atoms with E-state index in [-0.39, 0.29) is 17.5 Å². The van der Waals surface area contributed by atoms with Gasteiger partial charge in [0.2, 0.25) is 5.82 Å². The summed E-state index contributed by atoms with van der Waals surface area (Å²) >= 11 is 2.54. The molecule has 0 saturated heterocycles. The molecule has 0 aliphatic carbocycles. The van der Waals surface area contributed by atoms with Crippen LogP contribution in [0.2, 0.25) is 0 Å². The van der Waals surface area contributed by atoms with E-state index in [4.69, 9.17) is 4.52 Å². The molecule has 0 unspecified atom stereocenters. The van der Waals surface area contributed by atoms with Gasteiger partial charge in [-0.05, 0) is 18.4 Å². The Hall–Kier alpha value is -1.88. The predicted molar refractivity (Wildman–Crippen MR) is 77.9 cm³/mol. The van der Waals surface area contributed by atoms with E-state index >= 15 is 0 Å². The van der Waals surface area contributed by atoms with Crippen molar-refractivity contribution in [2.45, 2.75) is 30.6 Å². The van der Waals surface area contributed by atoms with Gasteiger partial charge < -0.3 is 4.52 Å². The van der Waals surface area contributed by atoms with Gasteiger partial charge in [0.25, 0.3) is 5.89 Å². The maximum absolute atomic E-state index is 12.8. The molecule has 0 radical (unpaired) electrons. The van der Waals surface area contributed by atoms with Gasteiger partial charge in [0.05, 0.1) is 10.6 Å². The number of thioether (sulfide) groups is 1. The Labute approximate surface area is 136 Å². The zero-order chi connectivity index (χ0) is 16.4. The van der Waals surface area contributed by atoms with Crippen molar-refractivity contribution in [3.05, 3.63) is 29.2 Å². The summed E-state index contributed by atoms with van der Waals surface area (Å²) in [4.78, 5) is 5.05. The number of hydrogen-bond donors (Lipinski definition) is 0. The largest absolute Gasteiger partial charge is 0.451 e. The fourth-order valence-electron chi connectivity index (χ4n) is 1.83. The second-order valence-electron chi connectivity index (χ2n) is 4.33. The number of aromatic nitrogens is 5. The standard InChI is InChI=1S/C12H10F3N5OS2/c1-2-20-10(12(13,14)15)17-18-11(20)23-6-8-16-9(21-19-8)7-4-3-5-22-7/h3-5H,2,6H2,1H3. The lowest BCUT2D eigenvalue weighted by Crippen LogP contribution is -2.14. The molecule has 0 aromatic carbocycles. The van der Waals surface area contributed by atoms with E-state index in [0.29, 0.717) is 11.7 Å². The lowest BCUT2D eigenvalue weighted by Gasteiger charge is -2.08. The van der Waals surface area contributed by atoms with Crippen molar-refractivity contribution in [1.82, 2.24) is 24.9 Å². The Morgan fingerprint density at radius 1 is 1.35 bits per heavy atom. The summed E-state index contributed by atoms with van der Waals surface area (Å²) in [6.45, 7) is 1.72. The zero-order valence-electron chi connectivity index (χ0n) is 11.7.